The Kier molecular flexibility index (Phi) is 17.6. The molecule has 0 bridgehead atoms. The summed E-state index contributed by atoms with van der Waals surface area (Å²) in [5.74, 6) is 0. The van der Waals surface area contributed by atoms with Gasteiger partial charge in [-0.15, -0.1) is 0 Å². The van der Waals surface area contributed by atoms with Crippen LogP contribution in [-0.4, -0.2) is 21.3 Å². The SMILES string of the molecule is CCCCCCCCCCCCO[Si](CC)(CC)OC(CC)CCC. The summed E-state index contributed by atoms with van der Waals surface area (Å²) in [5.41, 5.74) is 0. The van der Waals surface area contributed by atoms with Crippen LogP contribution in [0.3, 0.4) is 0 Å². The monoisotopic (exact) mass is 372 g/mol. The minimum absolute atomic E-state index is 0.407. The van der Waals surface area contributed by atoms with Gasteiger partial charge in [0, 0.05) is 12.7 Å². The summed E-state index contributed by atoms with van der Waals surface area (Å²) in [7, 11) is -1.96. The molecule has 0 fully saturated rings. The van der Waals surface area contributed by atoms with Gasteiger partial charge in [-0.3, -0.25) is 0 Å². The lowest BCUT2D eigenvalue weighted by Crippen LogP contribution is -2.44. The van der Waals surface area contributed by atoms with Crippen molar-refractivity contribution in [3.63, 3.8) is 0 Å². The van der Waals surface area contributed by atoms with Gasteiger partial charge in [0.15, 0.2) is 0 Å². The molecule has 0 saturated heterocycles. The summed E-state index contributed by atoms with van der Waals surface area (Å²) in [5, 5.41) is 0. The highest BCUT2D eigenvalue weighted by molar-refractivity contribution is 6.67. The Balaban J connectivity index is 3.82. The average Bonchev–Trinajstić information content (AvgIpc) is 2.64. The van der Waals surface area contributed by atoms with Crippen molar-refractivity contribution in [2.75, 3.05) is 6.61 Å². The van der Waals surface area contributed by atoms with E-state index in [0.717, 1.165) is 25.1 Å². The fourth-order valence-electron chi connectivity index (χ4n) is 3.47. The zero-order chi connectivity index (χ0) is 18.8. The summed E-state index contributed by atoms with van der Waals surface area (Å²) < 4.78 is 12.9. The van der Waals surface area contributed by atoms with Crippen LogP contribution < -0.4 is 0 Å². The second-order valence-corrected chi connectivity index (χ2v) is 11.3. The third-order valence-corrected chi connectivity index (χ3v) is 9.04. The number of hydrogen-bond donors (Lipinski definition) is 0. The van der Waals surface area contributed by atoms with E-state index in [9.17, 15) is 0 Å². The average molecular weight is 373 g/mol. The Labute approximate surface area is 160 Å². The maximum absolute atomic E-state index is 6.53. The molecule has 0 heterocycles. The van der Waals surface area contributed by atoms with Crippen LogP contribution in [0.5, 0.6) is 0 Å². The topological polar surface area (TPSA) is 18.5 Å². The lowest BCUT2D eigenvalue weighted by atomic mass is 10.1. The molecule has 0 saturated carbocycles. The van der Waals surface area contributed by atoms with Crippen LogP contribution in [0.15, 0.2) is 0 Å². The van der Waals surface area contributed by atoms with Gasteiger partial charge in [0.25, 0.3) is 0 Å². The number of unbranched alkanes of at least 4 members (excludes halogenated alkanes) is 9. The standard InChI is InChI=1S/C22H48O2Si/c1-6-11-12-13-14-15-16-17-18-19-21-23-25(9-4,10-5)24-22(8-3)20-7-2/h22H,6-21H2,1-5H3. The lowest BCUT2D eigenvalue weighted by molar-refractivity contribution is 0.102. The van der Waals surface area contributed by atoms with Crippen molar-refractivity contribution < 1.29 is 8.85 Å². The van der Waals surface area contributed by atoms with Gasteiger partial charge in [0.1, 0.15) is 0 Å². The molecule has 0 aromatic heterocycles. The third-order valence-electron chi connectivity index (χ3n) is 5.39. The normalized spacial score (nSPS) is 13.3. The van der Waals surface area contributed by atoms with Crippen LogP contribution in [-0.2, 0) is 8.85 Å². The van der Waals surface area contributed by atoms with Gasteiger partial charge in [-0.05, 0) is 31.4 Å². The molecule has 0 aromatic carbocycles. The molecule has 0 N–H and O–H groups in total. The second-order valence-electron chi connectivity index (χ2n) is 7.59. The predicted octanol–water partition coefficient (Wildman–Crippen LogP) is 8.00. The molecule has 0 amide bonds. The first kappa shape index (κ1) is 25.1. The number of hydrogen-bond acceptors (Lipinski definition) is 2. The molecule has 0 aromatic rings. The first-order valence-corrected chi connectivity index (χ1v) is 13.7. The maximum atomic E-state index is 6.53. The van der Waals surface area contributed by atoms with Crippen molar-refractivity contribution in [1.29, 1.82) is 0 Å². The summed E-state index contributed by atoms with van der Waals surface area (Å²) in [6.45, 7) is 12.2. The molecule has 0 aliphatic heterocycles. The van der Waals surface area contributed by atoms with E-state index in [1.807, 2.05) is 0 Å². The molecule has 0 aliphatic carbocycles. The van der Waals surface area contributed by atoms with Gasteiger partial charge in [0.2, 0.25) is 0 Å². The van der Waals surface area contributed by atoms with E-state index in [1.54, 1.807) is 0 Å². The Morgan fingerprint density at radius 1 is 0.640 bits per heavy atom. The van der Waals surface area contributed by atoms with Crippen LogP contribution in [0.1, 0.15) is 118 Å². The Bertz CT molecular complexity index is 267. The maximum Gasteiger partial charge on any atom is 0.337 e. The summed E-state index contributed by atoms with van der Waals surface area (Å²) in [6, 6.07) is 2.17. The Hall–Kier alpha value is 0.137. The highest BCUT2D eigenvalue weighted by atomic mass is 28.4. The zero-order valence-corrected chi connectivity index (χ0v) is 19.2. The minimum Gasteiger partial charge on any atom is -0.394 e. The fraction of sp³-hybridized carbons (Fsp3) is 1.00. The molecule has 1 atom stereocenters. The molecule has 0 radical (unpaired) electrons. The van der Waals surface area contributed by atoms with Gasteiger partial charge in [-0.25, -0.2) is 0 Å². The molecule has 0 spiro atoms. The van der Waals surface area contributed by atoms with Gasteiger partial charge in [-0.1, -0.05) is 98.8 Å². The van der Waals surface area contributed by atoms with Gasteiger partial charge in [0.05, 0.1) is 0 Å². The van der Waals surface area contributed by atoms with Crippen LogP contribution in [0.25, 0.3) is 0 Å². The van der Waals surface area contributed by atoms with E-state index in [2.05, 4.69) is 34.6 Å². The Morgan fingerprint density at radius 2 is 1.16 bits per heavy atom. The Morgan fingerprint density at radius 3 is 1.60 bits per heavy atom. The van der Waals surface area contributed by atoms with E-state index < -0.39 is 8.56 Å². The molecule has 25 heavy (non-hydrogen) atoms. The van der Waals surface area contributed by atoms with E-state index >= 15 is 0 Å². The number of rotatable bonds is 19. The van der Waals surface area contributed by atoms with E-state index in [0.29, 0.717) is 6.10 Å². The van der Waals surface area contributed by atoms with E-state index in [4.69, 9.17) is 8.85 Å². The first-order chi connectivity index (χ1) is 12.2. The summed E-state index contributed by atoms with van der Waals surface area (Å²) in [4.78, 5) is 0. The summed E-state index contributed by atoms with van der Waals surface area (Å²) >= 11 is 0. The van der Waals surface area contributed by atoms with E-state index in [-0.39, 0.29) is 0 Å². The zero-order valence-electron chi connectivity index (χ0n) is 18.2. The molecule has 0 aliphatic rings. The highest BCUT2D eigenvalue weighted by Crippen LogP contribution is 2.24. The fourth-order valence-corrected chi connectivity index (χ4v) is 6.19. The van der Waals surface area contributed by atoms with Gasteiger partial charge >= 0.3 is 8.56 Å². The lowest BCUT2D eigenvalue weighted by Gasteiger charge is -2.33. The van der Waals surface area contributed by atoms with Crippen LogP contribution in [0.2, 0.25) is 12.1 Å². The van der Waals surface area contributed by atoms with Crippen molar-refractivity contribution in [2.45, 2.75) is 136 Å². The first-order valence-electron chi connectivity index (χ1n) is 11.5. The van der Waals surface area contributed by atoms with Crippen molar-refractivity contribution in [3.05, 3.63) is 0 Å². The molecular weight excluding hydrogens is 324 g/mol. The van der Waals surface area contributed by atoms with Gasteiger partial charge < -0.3 is 8.85 Å². The van der Waals surface area contributed by atoms with Crippen LogP contribution in [0, 0.1) is 0 Å². The van der Waals surface area contributed by atoms with Crippen LogP contribution >= 0.6 is 0 Å². The van der Waals surface area contributed by atoms with Crippen molar-refractivity contribution >= 4 is 8.56 Å². The molecule has 2 nitrogen and oxygen atoms in total. The third kappa shape index (κ3) is 13.0. The van der Waals surface area contributed by atoms with Crippen molar-refractivity contribution in [1.82, 2.24) is 0 Å². The van der Waals surface area contributed by atoms with Crippen LogP contribution in [0.4, 0.5) is 0 Å². The van der Waals surface area contributed by atoms with E-state index in [1.165, 1.54) is 77.0 Å². The van der Waals surface area contributed by atoms with Crippen molar-refractivity contribution in [2.24, 2.45) is 0 Å². The molecule has 0 rings (SSSR count). The summed E-state index contributed by atoms with van der Waals surface area (Å²) in [6.07, 6.45) is 17.7. The highest BCUT2D eigenvalue weighted by Gasteiger charge is 2.35. The molecule has 3 heteroatoms. The second kappa shape index (κ2) is 17.5. The van der Waals surface area contributed by atoms with Gasteiger partial charge in [-0.2, -0.15) is 0 Å². The smallest absolute Gasteiger partial charge is 0.337 e. The predicted molar refractivity (Wildman–Crippen MR) is 115 cm³/mol. The molecule has 1 unspecified atom stereocenters. The largest absolute Gasteiger partial charge is 0.394 e. The quantitative estimate of drug-likeness (QED) is 0.169. The minimum atomic E-state index is -1.96. The molecule has 152 valence electrons. The van der Waals surface area contributed by atoms with Crippen molar-refractivity contribution in [3.8, 4) is 0 Å². The molecular formula is C22H48O2Si.